The first kappa shape index (κ1) is 16.1. The van der Waals surface area contributed by atoms with Gasteiger partial charge in [-0.2, -0.15) is 0 Å². The van der Waals surface area contributed by atoms with Crippen molar-refractivity contribution in [1.29, 1.82) is 0 Å². The Balaban J connectivity index is 1.50. The van der Waals surface area contributed by atoms with E-state index < -0.39 is 0 Å². The number of aryl methyl sites for hydroxylation is 2. The van der Waals surface area contributed by atoms with Gasteiger partial charge < -0.3 is 4.57 Å². The molecule has 0 radical (unpaired) electrons. The van der Waals surface area contributed by atoms with Crippen molar-refractivity contribution in [2.75, 3.05) is 0 Å². The van der Waals surface area contributed by atoms with E-state index in [9.17, 15) is 0 Å². The number of aromatic nitrogens is 1. The first-order chi connectivity index (χ1) is 13.3. The highest BCUT2D eigenvalue weighted by Crippen LogP contribution is 2.56. The summed E-state index contributed by atoms with van der Waals surface area (Å²) in [6.07, 6.45) is 20.3. The fraction of sp³-hybridized carbons (Fsp3) is 0.360. The third-order valence-electron chi connectivity index (χ3n) is 6.97. The van der Waals surface area contributed by atoms with Gasteiger partial charge in [0.25, 0.3) is 0 Å². The fourth-order valence-electron chi connectivity index (χ4n) is 5.65. The zero-order valence-electron chi connectivity index (χ0n) is 15.8. The third-order valence-corrected chi connectivity index (χ3v) is 8.51. The predicted octanol–water partition coefficient (Wildman–Crippen LogP) is 6.51. The summed E-state index contributed by atoms with van der Waals surface area (Å²) >= 11 is 2.15. The van der Waals surface area contributed by atoms with E-state index in [1.165, 1.54) is 54.3 Å². The van der Waals surface area contributed by atoms with Crippen LogP contribution >= 0.6 is 11.8 Å². The van der Waals surface area contributed by atoms with Crippen molar-refractivity contribution in [3.63, 3.8) is 0 Å². The molecule has 1 nitrogen and oxygen atoms in total. The van der Waals surface area contributed by atoms with Crippen LogP contribution in [0.1, 0.15) is 42.5 Å². The monoisotopic (exact) mass is 371 g/mol. The molecule has 2 heterocycles. The molecular weight excluding hydrogens is 346 g/mol. The summed E-state index contributed by atoms with van der Waals surface area (Å²) in [5.74, 6) is 1.46. The molecule has 3 unspecified atom stereocenters. The van der Waals surface area contributed by atoms with Crippen molar-refractivity contribution in [2.45, 2.75) is 37.4 Å². The van der Waals surface area contributed by atoms with E-state index >= 15 is 0 Å². The topological polar surface area (TPSA) is 4.93 Å². The van der Waals surface area contributed by atoms with Gasteiger partial charge in [-0.05, 0) is 77.8 Å². The Kier molecular flexibility index (Phi) is 3.59. The molecule has 1 aromatic carbocycles. The summed E-state index contributed by atoms with van der Waals surface area (Å²) in [6.45, 7) is 0. The normalized spacial score (nSPS) is 28.6. The van der Waals surface area contributed by atoms with Crippen LogP contribution in [-0.2, 0) is 13.5 Å². The number of benzene rings is 1. The number of hydrogen-bond acceptors (Lipinski definition) is 1. The minimum atomic E-state index is 0.654. The van der Waals surface area contributed by atoms with E-state index in [1.54, 1.807) is 16.0 Å². The predicted molar refractivity (Wildman–Crippen MR) is 118 cm³/mol. The standard InChI is InChI=1S/C25H25NS/c1-26-22-11-4-2-7-18(22)21-15-16(13-14-23(21)26)17-9-6-10-20-19-8-3-5-12-24(19)27-25(17)20/h3-5,8,11-15,19-20,24H,2,6-7,9-10H2,1H3. The molecule has 0 saturated carbocycles. The second kappa shape index (κ2) is 6.04. The van der Waals surface area contributed by atoms with Crippen molar-refractivity contribution in [3.05, 3.63) is 70.3 Å². The lowest BCUT2D eigenvalue weighted by atomic mass is 9.77. The van der Waals surface area contributed by atoms with Crippen molar-refractivity contribution in [3.8, 4) is 0 Å². The van der Waals surface area contributed by atoms with Crippen molar-refractivity contribution in [1.82, 2.24) is 4.57 Å². The molecule has 6 rings (SSSR count). The molecule has 0 spiro atoms. The maximum atomic E-state index is 2.51. The highest BCUT2D eigenvalue weighted by molar-refractivity contribution is 8.04. The van der Waals surface area contributed by atoms with Crippen molar-refractivity contribution in [2.24, 2.45) is 18.9 Å². The molecular formula is C25H25NS. The number of hydrogen-bond donors (Lipinski definition) is 0. The van der Waals surface area contributed by atoms with E-state index in [4.69, 9.17) is 0 Å². The Hall–Kier alpha value is -1.93. The highest BCUT2D eigenvalue weighted by atomic mass is 32.2. The molecule has 0 amide bonds. The summed E-state index contributed by atoms with van der Waals surface area (Å²) in [7, 11) is 2.21. The van der Waals surface area contributed by atoms with E-state index in [2.05, 4.69) is 78.0 Å². The molecule has 3 aliphatic carbocycles. The zero-order chi connectivity index (χ0) is 18.0. The van der Waals surface area contributed by atoms with E-state index in [-0.39, 0.29) is 0 Å². The van der Waals surface area contributed by atoms with Gasteiger partial charge in [0, 0.05) is 34.8 Å². The molecule has 0 N–H and O–H groups in total. The van der Waals surface area contributed by atoms with Crippen LogP contribution in [0, 0.1) is 11.8 Å². The minimum absolute atomic E-state index is 0.654. The van der Waals surface area contributed by atoms with E-state index in [0.717, 1.165) is 5.92 Å². The van der Waals surface area contributed by atoms with Crippen LogP contribution in [0.15, 0.2) is 53.5 Å². The number of nitrogens with zero attached hydrogens (tertiary/aromatic N) is 1. The molecule has 1 fully saturated rings. The molecule has 27 heavy (non-hydrogen) atoms. The summed E-state index contributed by atoms with van der Waals surface area (Å²) < 4.78 is 2.38. The van der Waals surface area contributed by atoms with Crippen LogP contribution in [0.5, 0.6) is 0 Å². The van der Waals surface area contributed by atoms with Crippen LogP contribution in [0.25, 0.3) is 22.6 Å². The van der Waals surface area contributed by atoms with Gasteiger partial charge >= 0.3 is 0 Å². The summed E-state index contributed by atoms with van der Waals surface area (Å²) in [6, 6.07) is 7.25. The van der Waals surface area contributed by atoms with Crippen LogP contribution in [0.3, 0.4) is 0 Å². The molecule has 0 bridgehead atoms. The lowest BCUT2D eigenvalue weighted by molar-refractivity contribution is 0.442. The number of allylic oxidation sites excluding steroid dienone is 6. The van der Waals surface area contributed by atoms with Gasteiger partial charge in [-0.25, -0.2) is 0 Å². The van der Waals surface area contributed by atoms with Crippen LogP contribution < -0.4 is 0 Å². The Morgan fingerprint density at radius 2 is 2.04 bits per heavy atom. The maximum Gasteiger partial charge on any atom is 0.0485 e. The van der Waals surface area contributed by atoms with Gasteiger partial charge in [0.15, 0.2) is 0 Å². The maximum absolute atomic E-state index is 2.51. The van der Waals surface area contributed by atoms with Gasteiger partial charge in [0.2, 0.25) is 0 Å². The first-order valence-corrected chi connectivity index (χ1v) is 11.2. The van der Waals surface area contributed by atoms with E-state index in [1.807, 2.05) is 0 Å². The summed E-state index contributed by atoms with van der Waals surface area (Å²) in [4.78, 5) is 1.69. The van der Waals surface area contributed by atoms with Crippen LogP contribution in [0.4, 0.5) is 0 Å². The molecule has 2 heteroatoms. The smallest absolute Gasteiger partial charge is 0.0485 e. The summed E-state index contributed by atoms with van der Waals surface area (Å²) in [5, 5.41) is 2.13. The Bertz CT molecular complexity index is 1060. The second-order valence-corrected chi connectivity index (χ2v) is 9.59. The SMILES string of the molecule is Cn1c2c(c3cc(C4=C5SC6C=CC=CC6C5CCC4)ccc31)CCC=C2. The average Bonchev–Trinajstić information content (AvgIpc) is 3.24. The van der Waals surface area contributed by atoms with Gasteiger partial charge in [0.1, 0.15) is 0 Å². The average molecular weight is 372 g/mol. The molecule has 1 saturated heterocycles. The summed E-state index contributed by atoms with van der Waals surface area (Å²) in [5.41, 5.74) is 7.45. The molecule has 1 aliphatic heterocycles. The van der Waals surface area contributed by atoms with Gasteiger partial charge in [-0.3, -0.25) is 0 Å². The zero-order valence-corrected chi connectivity index (χ0v) is 16.6. The largest absolute Gasteiger partial charge is 0.344 e. The Morgan fingerprint density at radius 3 is 3.00 bits per heavy atom. The number of fused-ring (bicyclic) bond motifs is 6. The lowest BCUT2D eigenvalue weighted by Crippen LogP contribution is -2.18. The first-order valence-electron chi connectivity index (χ1n) is 10.3. The van der Waals surface area contributed by atoms with Crippen LogP contribution in [0.2, 0.25) is 0 Å². The molecule has 4 aliphatic rings. The van der Waals surface area contributed by atoms with Crippen molar-refractivity contribution >= 4 is 34.3 Å². The highest BCUT2D eigenvalue weighted by Gasteiger charge is 2.41. The van der Waals surface area contributed by atoms with Gasteiger partial charge in [0.05, 0.1) is 0 Å². The van der Waals surface area contributed by atoms with E-state index in [0.29, 0.717) is 11.2 Å². The van der Waals surface area contributed by atoms with Crippen molar-refractivity contribution < 1.29 is 0 Å². The van der Waals surface area contributed by atoms with Gasteiger partial charge in [-0.1, -0.05) is 36.4 Å². The fourth-order valence-corrected chi connectivity index (χ4v) is 7.36. The Labute approximate surface area is 165 Å². The quantitative estimate of drug-likeness (QED) is 0.553. The van der Waals surface area contributed by atoms with Crippen LogP contribution in [-0.4, -0.2) is 9.82 Å². The number of thioether (sulfide) groups is 1. The van der Waals surface area contributed by atoms with Gasteiger partial charge in [-0.15, -0.1) is 11.8 Å². The molecule has 2 aromatic rings. The Morgan fingerprint density at radius 1 is 1.11 bits per heavy atom. The minimum Gasteiger partial charge on any atom is -0.344 e. The molecule has 1 aromatic heterocycles. The second-order valence-electron chi connectivity index (χ2n) is 8.37. The molecule has 136 valence electrons. The molecule has 3 atom stereocenters. The number of rotatable bonds is 1. The third kappa shape index (κ3) is 2.32. The lowest BCUT2D eigenvalue weighted by Gasteiger charge is -2.26.